The Morgan fingerprint density at radius 3 is 2.38 bits per heavy atom. The third-order valence-electron chi connectivity index (χ3n) is 6.83. The number of esters is 1. The minimum Gasteiger partial charge on any atom is -0.497 e. The average molecular weight is 507 g/mol. The Hall–Kier alpha value is -3.92. The number of nitroso groups, excluding NO2 is 2. The Kier molecular flexibility index (Phi) is 8.39. The number of methoxy groups -OCH3 is 1. The van der Waals surface area contributed by atoms with Crippen LogP contribution in [0.3, 0.4) is 0 Å². The van der Waals surface area contributed by atoms with Gasteiger partial charge in [0, 0.05) is 11.6 Å². The van der Waals surface area contributed by atoms with E-state index in [1.165, 1.54) is 5.56 Å². The lowest BCUT2D eigenvalue weighted by Gasteiger charge is -2.32. The number of ether oxygens (including phenoxy) is 2. The number of rotatable bonds is 10. The molecule has 0 aliphatic heterocycles. The van der Waals surface area contributed by atoms with Gasteiger partial charge in [-0.3, -0.25) is 4.79 Å². The average Bonchev–Trinajstić information content (AvgIpc) is 3.34. The van der Waals surface area contributed by atoms with E-state index in [1.807, 2.05) is 48.5 Å². The molecular weight excluding hydrogens is 476 g/mol. The molecule has 1 aromatic heterocycles. The van der Waals surface area contributed by atoms with E-state index in [2.05, 4.69) is 22.4 Å². The predicted octanol–water partition coefficient (Wildman–Crippen LogP) is 4.67. The van der Waals surface area contributed by atoms with Crippen LogP contribution < -0.4 is 10.5 Å². The van der Waals surface area contributed by atoms with Crippen molar-refractivity contribution in [1.29, 1.82) is 0 Å². The van der Waals surface area contributed by atoms with Gasteiger partial charge in [-0.25, -0.2) is 0 Å². The van der Waals surface area contributed by atoms with Crippen LogP contribution in [0.1, 0.15) is 31.1 Å². The maximum Gasteiger partial charge on any atom is 0.313 e. The molecule has 4 atom stereocenters. The van der Waals surface area contributed by atoms with Crippen molar-refractivity contribution in [3.63, 3.8) is 0 Å². The first-order chi connectivity index (χ1) is 18.0. The van der Waals surface area contributed by atoms with Crippen molar-refractivity contribution in [2.24, 2.45) is 22.0 Å². The molecule has 0 saturated heterocycles. The summed E-state index contributed by atoms with van der Waals surface area (Å²) in [6.07, 6.45) is 1.49. The van der Waals surface area contributed by atoms with Crippen molar-refractivity contribution in [1.82, 2.24) is 5.16 Å². The molecule has 1 aliphatic carbocycles. The van der Waals surface area contributed by atoms with Crippen molar-refractivity contribution in [2.45, 2.75) is 50.7 Å². The van der Waals surface area contributed by atoms with Crippen LogP contribution in [0.4, 0.5) is 0 Å². The summed E-state index contributed by atoms with van der Waals surface area (Å²) in [7, 11) is 1.60. The van der Waals surface area contributed by atoms with Gasteiger partial charge in [-0.1, -0.05) is 58.8 Å². The molecule has 37 heavy (non-hydrogen) atoms. The summed E-state index contributed by atoms with van der Waals surface area (Å²) in [5.41, 5.74) is 10.2. The number of nitrogens with two attached hydrogens (primary N) is 1. The van der Waals surface area contributed by atoms with Crippen LogP contribution in [0.15, 0.2) is 63.4 Å². The van der Waals surface area contributed by atoms with E-state index in [4.69, 9.17) is 19.7 Å². The van der Waals surface area contributed by atoms with Crippen molar-refractivity contribution < 1.29 is 18.8 Å². The summed E-state index contributed by atoms with van der Waals surface area (Å²) in [6, 6.07) is 13.2. The summed E-state index contributed by atoms with van der Waals surface area (Å²) >= 11 is 0. The van der Waals surface area contributed by atoms with Crippen molar-refractivity contribution in [3.05, 3.63) is 69.7 Å². The summed E-state index contributed by atoms with van der Waals surface area (Å²) in [4.78, 5) is 34.9. The second kappa shape index (κ2) is 11.9. The highest BCUT2D eigenvalue weighted by atomic mass is 16.5. The topological polar surface area (TPSA) is 146 Å². The van der Waals surface area contributed by atoms with Gasteiger partial charge in [-0.05, 0) is 48.4 Å². The van der Waals surface area contributed by atoms with Crippen LogP contribution >= 0.6 is 0 Å². The lowest BCUT2D eigenvalue weighted by atomic mass is 9.80. The third kappa shape index (κ3) is 5.91. The molecule has 0 radical (unpaired) electrons. The summed E-state index contributed by atoms with van der Waals surface area (Å²) in [6.45, 7) is 2.15. The number of benzene rings is 2. The van der Waals surface area contributed by atoms with Gasteiger partial charge in [0.25, 0.3) is 0 Å². The van der Waals surface area contributed by atoms with Crippen molar-refractivity contribution in [2.75, 3.05) is 13.7 Å². The smallest absolute Gasteiger partial charge is 0.313 e. The molecule has 1 saturated carbocycles. The van der Waals surface area contributed by atoms with Gasteiger partial charge in [0.15, 0.2) is 5.76 Å². The van der Waals surface area contributed by atoms with Crippen molar-refractivity contribution in [3.8, 4) is 28.1 Å². The maximum atomic E-state index is 12.8. The van der Waals surface area contributed by atoms with Gasteiger partial charge in [0.05, 0.1) is 19.3 Å². The van der Waals surface area contributed by atoms with E-state index in [-0.39, 0.29) is 25.4 Å². The molecule has 1 aliphatic rings. The zero-order chi connectivity index (χ0) is 26.4. The van der Waals surface area contributed by atoms with E-state index in [0.717, 1.165) is 17.5 Å². The quantitative estimate of drug-likeness (QED) is 0.308. The zero-order valence-electron chi connectivity index (χ0n) is 20.8. The van der Waals surface area contributed by atoms with E-state index < -0.39 is 24.1 Å². The monoisotopic (exact) mass is 506 g/mol. The van der Waals surface area contributed by atoms with Gasteiger partial charge in [-0.15, -0.1) is 0 Å². The molecule has 3 aromatic rings. The van der Waals surface area contributed by atoms with E-state index >= 15 is 0 Å². The summed E-state index contributed by atoms with van der Waals surface area (Å²) < 4.78 is 16.4. The fraction of sp³-hybridized carbons (Fsp3) is 0.407. The molecule has 0 bridgehead atoms. The molecule has 10 heteroatoms. The molecule has 1 heterocycles. The van der Waals surface area contributed by atoms with Crippen LogP contribution in [0, 0.1) is 15.7 Å². The highest BCUT2D eigenvalue weighted by Gasteiger charge is 2.38. The normalized spacial score (nSPS) is 21.3. The number of aromatic nitrogens is 1. The number of aryl methyl sites for hydroxylation is 1. The van der Waals surface area contributed by atoms with Gasteiger partial charge >= 0.3 is 5.97 Å². The fourth-order valence-corrected chi connectivity index (χ4v) is 4.77. The molecule has 2 aromatic carbocycles. The second-order valence-electron chi connectivity index (χ2n) is 9.24. The molecule has 10 nitrogen and oxygen atoms in total. The first-order valence-corrected chi connectivity index (χ1v) is 12.3. The van der Waals surface area contributed by atoms with Gasteiger partial charge in [0.1, 0.15) is 29.9 Å². The predicted molar refractivity (Wildman–Crippen MR) is 138 cm³/mol. The minimum atomic E-state index is -0.851. The molecule has 2 N–H and O–H groups in total. The molecule has 194 valence electrons. The Morgan fingerprint density at radius 1 is 1.05 bits per heavy atom. The van der Waals surface area contributed by atoms with Crippen molar-refractivity contribution >= 4 is 5.97 Å². The van der Waals surface area contributed by atoms with Gasteiger partial charge in [-0.2, -0.15) is 9.81 Å². The SMILES string of the molecule is CCc1ccc(-c2noc(CC(=O)OCC3CC(N)C(N=O)C(N=O)C3)c2-c2ccc(OC)cc2)cc1. The van der Waals surface area contributed by atoms with Crippen LogP contribution in [-0.4, -0.2) is 43.0 Å². The first kappa shape index (κ1) is 26.2. The second-order valence-corrected chi connectivity index (χ2v) is 9.24. The first-order valence-electron chi connectivity index (χ1n) is 12.3. The van der Waals surface area contributed by atoms with Gasteiger partial charge < -0.3 is 19.7 Å². The van der Waals surface area contributed by atoms with E-state index in [9.17, 15) is 14.6 Å². The number of carbonyl (C=O) groups excluding carboxylic acids is 1. The number of carbonyl (C=O) groups is 1. The summed E-state index contributed by atoms with van der Waals surface area (Å²) in [5, 5.41) is 10.2. The highest BCUT2D eigenvalue weighted by molar-refractivity contribution is 5.85. The Morgan fingerprint density at radius 2 is 1.76 bits per heavy atom. The van der Waals surface area contributed by atoms with Crippen LogP contribution in [0.25, 0.3) is 22.4 Å². The third-order valence-corrected chi connectivity index (χ3v) is 6.83. The maximum absolute atomic E-state index is 12.8. The number of hydrogen-bond acceptors (Lipinski definition) is 10. The molecular formula is C27H30N4O6. The van der Waals surface area contributed by atoms with E-state index in [1.54, 1.807) is 7.11 Å². The number of nitrogens with zero attached hydrogens (tertiary/aromatic N) is 3. The standard InChI is InChI=1S/C27H30N4O6/c1-3-16-4-6-19(7-5-16)26-25(18-8-10-20(35-2)11-9-18)23(37-31-26)14-24(32)36-15-17-12-21(28)27(30-34)22(13-17)29-33/h4-11,17,21-22,27H,3,12-15,28H2,1-2H3. The fourth-order valence-electron chi connectivity index (χ4n) is 4.77. The van der Waals surface area contributed by atoms with Crippen LogP contribution in [0.2, 0.25) is 0 Å². The molecule has 4 rings (SSSR count). The zero-order valence-corrected chi connectivity index (χ0v) is 20.8. The molecule has 0 spiro atoms. The van der Waals surface area contributed by atoms with Crippen LogP contribution in [0.5, 0.6) is 5.75 Å². The Bertz CT molecular complexity index is 1220. The lowest BCUT2D eigenvalue weighted by Crippen LogP contribution is -2.48. The lowest BCUT2D eigenvalue weighted by molar-refractivity contribution is -0.145. The highest BCUT2D eigenvalue weighted by Crippen LogP contribution is 2.36. The minimum absolute atomic E-state index is 0.0570. The van der Waals surface area contributed by atoms with E-state index in [0.29, 0.717) is 29.2 Å². The molecule has 0 amide bonds. The number of hydrogen-bond donors (Lipinski definition) is 1. The van der Waals surface area contributed by atoms with Crippen LogP contribution in [-0.2, 0) is 22.4 Å². The molecule has 4 unspecified atom stereocenters. The van der Waals surface area contributed by atoms with Gasteiger partial charge in [0.2, 0.25) is 0 Å². The largest absolute Gasteiger partial charge is 0.497 e. The Balaban J connectivity index is 1.53. The molecule has 1 fully saturated rings. The summed E-state index contributed by atoms with van der Waals surface area (Å²) in [5.74, 6) is 0.389. The Labute approximate surface area is 214 Å².